The average Bonchev–Trinajstić information content (AvgIpc) is 3.16. The lowest BCUT2D eigenvalue weighted by molar-refractivity contribution is -0.130. The van der Waals surface area contributed by atoms with E-state index >= 15 is 0 Å². The average molecular weight is 414 g/mol. The molecular weight excluding hydrogens is 390 g/mol. The number of benzene rings is 1. The van der Waals surface area contributed by atoms with Crippen LogP contribution in [0, 0.1) is 5.41 Å². The Bertz CT molecular complexity index is 778. The zero-order valence-corrected chi connectivity index (χ0v) is 17.0. The number of halogens is 1. The van der Waals surface area contributed by atoms with Crippen LogP contribution in [-0.2, 0) is 9.53 Å². The number of ether oxygens (including phenoxy) is 3. The molecule has 1 aliphatic rings. The van der Waals surface area contributed by atoms with Gasteiger partial charge in [-0.25, -0.2) is 4.98 Å². The zero-order chi connectivity index (χ0) is 18.6. The minimum Gasteiger partial charge on any atom is -0.493 e. The number of hydrogen-bond donors (Lipinski definition) is 2. The van der Waals surface area contributed by atoms with Crippen LogP contribution in [0.5, 0.6) is 11.5 Å². The Kier molecular flexibility index (Phi) is 7.43. The molecule has 0 aliphatic carbocycles. The summed E-state index contributed by atoms with van der Waals surface area (Å²) in [6.45, 7) is 1.41. The minimum absolute atomic E-state index is 0. The molecule has 148 valence electrons. The van der Waals surface area contributed by atoms with Gasteiger partial charge in [0, 0.05) is 30.7 Å². The van der Waals surface area contributed by atoms with Gasteiger partial charge in [-0.1, -0.05) is 0 Å². The second-order valence-electron chi connectivity index (χ2n) is 6.16. The Labute approximate surface area is 168 Å². The Morgan fingerprint density at radius 3 is 2.63 bits per heavy atom. The van der Waals surface area contributed by atoms with Crippen molar-refractivity contribution in [2.24, 2.45) is 11.1 Å². The molecule has 0 saturated carbocycles. The number of rotatable bonds is 6. The van der Waals surface area contributed by atoms with Crippen molar-refractivity contribution >= 4 is 34.8 Å². The predicted octanol–water partition coefficient (Wildman–Crippen LogP) is 2.94. The summed E-state index contributed by atoms with van der Waals surface area (Å²) in [6.07, 6.45) is 1.26. The van der Waals surface area contributed by atoms with Crippen LogP contribution < -0.4 is 20.5 Å². The smallest absolute Gasteiger partial charge is 0.233 e. The number of nitrogens with one attached hydrogen (secondary N) is 1. The van der Waals surface area contributed by atoms with Crippen LogP contribution in [-0.4, -0.2) is 44.9 Å². The molecule has 1 fully saturated rings. The molecule has 2 heterocycles. The van der Waals surface area contributed by atoms with E-state index in [1.54, 1.807) is 14.2 Å². The van der Waals surface area contributed by atoms with E-state index in [4.69, 9.17) is 19.9 Å². The number of nitrogens with two attached hydrogens (primary N) is 1. The minimum atomic E-state index is -0.576. The van der Waals surface area contributed by atoms with Crippen LogP contribution >= 0.6 is 23.7 Å². The number of amides is 1. The van der Waals surface area contributed by atoms with E-state index in [-0.39, 0.29) is 18.3 Å². The Morgan fingerprint density at radius 1 is 1.30 bits per heavy atom. The summed E-state index contributed by atoms with van der Waals surface area (Å²) in [6, 6.07) is 5.60. The highest BCUT2D eigenvalue weighted by Gasteiger charge is 2.39. The van der Waals surface area contributed by atoms with Crippen molar-refractivity contribution in [2.45, 2.75) is 12.8 Å². The van der Waals surface area contributed by atoms with E-state index < -0.39 is 5.41 Å². The summed E-state index contributed by atoms with van der Waals surface area (Å²) in [7, 11) is 3.19. The van der Waals surface area contributed by atoms with Gasteiger partial charge in [-0.15, -0.1) is 23.7 Å². The van der Waals surface area contributed by atoms with Gasteiger partial charge in [0.05, 0.1) is 25.3 Å². The number of anilines is 1. The Hall–Kier alpha value is -1.87. The molecule has 2 aromatic rings. The first kappa shape index (κ1) is 21.4. The number of nitrogens with zero attached hydrogens (tertiary/aromatic N) is 1. The van der Waals surface area contributed by atoms with Crippen molar-refractivity contribution in [3.63, 3.8) is 0 Å². The highest BCUT2D eigenvalue weighted by Crippen LogP contribution is 2.35. The highest BCUT2D eigenvalue weighted by atomic mass is 35.5. The molecule has 3 rings (SSSR count). The number of aromatic nitrogens is 1. The molecule has 1 aliphatic heterocycles. The van der Waals surface area contributed by atoms with Gasteiger partial charge >= 0.3 is 0 Å². The van der Waals surface area contributed by atoms with E-state index in [1.165, 1.54) is 11.3 Å². The Morgan fingerprint density at radius 2 is 2.00 bits per heavy atom. The molecule has 3 N–H and O–H groups in total. The van der Waals surface area contributed by atoms with Gasteiger partial charge < -0.3 is 25.3 Å². The molecule has 0 radical (unpaired) electrons. The fourth-order valence-electron chi connectivity index (χ4n) is 2.98. The lowest BCUT2D eigenvalue weighted by Crippen LogP contribution is -2.46. The van der Waals surface area contributed by atoms with Gasteiger partial charge in [0.2, 0.25) is 5.91 Å². The second kappa shape index (κ2) is 9.36. The van der Waals surface area contributed by atoms with E-state index in [0.717, 1.165) is 11.3 Å². The van der Waals surface area contributed by atoms with Gasteiger partial charge in [0.25, 0.3) is 0 Å². The van der Waals surface area contributed by atoms with Gasteiger partial charge in [-0.3, -0.25) is 4.79 Å². The molecule has 1 amide bonds. The molecule has 1 saturated heterocycles. The van der Waals surface area contributed by atoms with E-state index in [9.17, 15) is 4.79 Å². The number of methoxy groups -OCH3 is 2. The summed E-state index contributed by atoms with van der Waals surface area (Å²) in [5.41, 5.74) is 6.97. The van der Waals surface area contributed by atoms with Crippen LogP contribution in [0.25, 0.3) is 11.3 Å². The van der Waals surface area contributed by atoms with Crippen molar-refractivity contribution in [1.29, 1.82) is 0 Å². The number of thiazole rings is 1. The highest BCUT2D eigenvalue weighted by molar-refractivity contribution is 7.14. The summed E-state index contributed by atoms with van der Waals surface area (Å²) in [5.74, 6) is 1.20. The normalized spacial score (nSPS) is 15.5. The van der Waals surface area contributed by atoms with Crippen LogP contribution in [0.2, 0.25) is 0 Å². The number of carbonyl (C=O) groups is 1. The van der Waals surface area contributed by atoms with E-state index in [0.29, 0.717) is 49.2 Å². The maximum atomic E-state index is 12.7. The second-order valence-corrected chi connectivity index (χ2v) is 7.02. The van der Waals surface area contributed by atoms with Crippen molar-refractivity contribution in [2.75, 3.05) is 39.3 Å². The summed E-state index contributed by atoms with van der Waals surface area (Å²) < 4.78 is 15.9. The fourth-order valence-corrected chi connectivity index (χ4v) is 3.69. The van der Waals surface area contributed by atoms with Crippen LogP contribution in [0.3, 0.4) is 0 Å². The van der Waals surface area contributed by atoms with Crippen molar-refractivity contribution < 1.29 is 19.0 Å². The van der Waals surface area contributed by atoms with Crippen LogP contribution in [0.1, 0.15) is 12.8 Å². The molecule has 1 aromatic carbocycles. The van der Waals surface area contributed by atoms with Gasteiger partial charge in [-0.2, -0.15) is 0 Å². The zero-order valence-electron chi connectivity index (χ0n) is 15.3. The number of hydrogen-bond acceptors (Lipinski definition) is 7. The lowest BCUT2D eigenvalue weighted by atomic mass is 9.79. The van der Waals surface area contributed by atoms with Gasteiger partial charge in [0.15, 0.2) is 16.6 Å². The monoisotopic (exact) mass is 413 g/mol. The quantitative estimate of drug-likeness (QED) is 0.755. The molecule has 0 unspecified atom stereocenters. The maximum absolute atomic E-state index is 12.7. The molecule has 0 bridgehead atoms. The molecule has 7 nitrogen and oxygen atoms in total. The summed E-state index contributed by atoms with van der Waals surface area (Å²) in [5, 5.41) is 5.38. The molecule has 0 spiro atoms. The SMILES string of the molecule is COc1ccc(-c2csc(NC(=O)C3(CN)CCOCC3)n2)cc1OC.Cl. The topological polar surface area (TPSA) is 95.7 Å². The van der Waals surface area contributed by atoms with E-state index in [1.807, 2.05) is 23.6 Å². The standard InChI is InChI=1S/C18H23N3O4S.ClH/c1-23-14-4-3-12(9-15(14)24-2)13-10-26-17(20-13)21-16(22)18(11-19)5-7-25-8-6-18;/h3-4,9-10H,5-8,11,19H2,1-2H3,(H,20,21,22);1H. The van der Waals surface area contributed by atoms with Crippen LogP contribution in [0.15, 0.2) is 23.6 Å². The number of carbonyl (C=O) groups excluding carboxylic acids is 1. The third-order valence-electron chi connectivity index (χ3n) is 4.73. The third-order valence-corrected chi connectivity index (χ3v) is 5.48. The first-order chi connectivity index (χ1) is 12.6. The molecule has 27 heavy (non-hydrogen) atoms. The summed E-state index contributed by atoms with van der Waals surface area (Å²) >= 11 is 1.38. The molecule has 1 aromatic heterocycles. The third kappa shape index (κ3) is 4.52. The summed E-state index contributed by atoms with van der Waals surface area (Å²) in [4.78, 5) is 17.3. The van der Waals surface area contributed by atoms with Gasteiger partial charge in [-0.05, 0) is 31.0 Å². The molecular formula is C18H24ClN3O4S. The van der Waals surface area contributed by atoms with Gasteiger partial charge in [0.1, 0.15) is 0 Å². The Balaban J connectivity index is 0.00000261. The van der Waals surface area contributed by atoms with E-state index in [2.05, 4.69) is 10.3 Å². The van der Waals surface area contributed by atoms with Crippen molar-refractivity contribution in [3.8, 4) is 22.8 Å². The predicted molar refractivity (Wildman–Crippen MR) is 108 cm³/mol. The largest absolute Gasteiger partial charge is 0.493 e. The van der Waals surface area contributed by atoms with Crippen LogP contribution in [0.4, 0.5) is 5.13 Å². The molecule has 0 atom stereocenters. The fraction of sp³-hybridized carbons (Fsp3) is 0.444. The first-order valence-electron chi connectivity index (χ1n) is 8.39. The molecule has 9 heteroatoms. The van der Waals surface area contributed by atoms with Crippen molar-refractivity contribution in [1.82, 2.24) is 4.98 Å². The van der Waals surface area contributed by atoms with Crippen molar-refractivity contribution in [3.05, 3.63) is 23.6 Å². The maximum Gasteiger partial charge on any atom is 0.233 e. The first-order valence-corrected chi connectivity index (χ1v) is 9.27. The lowest BCUT2D eigenvalue weighted by Gasteiger charge is -2.34.